The molecular weight excluding hydrogens is 224 g/mol. The maximum atomic E-state index is 12.0. The molecule has 3 N–H and O–H groups in total. The fourth-order valence-corrected chi connectivity index (χ4v) is 1.70. The minimum atomic E-state index is -0.682. The van der Waals surface area contributed by atoms with Crippen LogP contribution < -0.4 is 11.1 Å². The van der Waals surface area contributed by atoms with Crippen LogP contribution in [0.3, 0.4) is 0 Å². The summed E-state index contributed by atoms with van der Waals surface area (Å²) in [6, 6.07) is -0.283. The molecule has 0 spiro atoms. The minimum absolute atomic E-state index is 0.148. The summed E-state index contributed by atoms with van der Waals surface area (Å²) in [4.78, 5) is 16.0. The molecule has 2 heterocycles. The third-order valence-corrected chi connectivity index (χ3v) is 3.01. The van der Waals surface area contributed by atoms with Gasteiger partial charge in [-0.15, -0.1) is 0 Å². The normalized spacial score (nSPS) is 28.3. The maximum Gasteiger partial charge on any atom is 0.230 e. The van der Waals surface area contributed by atoms with E-state index in [1.54, 1.807) is 13.8 Å². The van der Waals surface area contributed by atoms with Gasteiger partial charge in [0, 0.05) is 13.0 Å². The third kappa shape index (κ3) is 2.29. The predicted octanol–water partition coefficient (Wildman–Crippen LogP) is -0.642. The monoisotopic (exact) mass is 240 g/mol. The second-order valence-corrected chi connectivity index (χ2v) is 4.45. The number of aromatic nitrogens is 2. The number of carbonyl (C=O) groups is 1. The molecular formula is C10H16N4O3. The Kier molecular flexibility index (Phi) is 3.12. The zero-order valence-corrected chi connectivity index (χ0v) is 9.90. The SMILES string of the molecule is Cc1nc(CNC(=O)C2(C)COCC2N)no1. The van der Waals surface area contributed by atoms with Crippen molar-refractivity contribution in [2.45, 2.75) is 26.4 Å². The van der Waals surface area contributed by atoms with E-state index in [0.29, 0.717) is 24.9 Å². The van der Waals surface area contributed by atoms with Gasteiger partial charge in [-0.25, -0.2) is 0 Å². The first kappa shape index (κ1) is 12.0. The van der Waals surface area contributed by atoms with Gasteiger partial charge in [0.2, 0.25) is 11.8 Å². The summed E-state index contributed by atoms with van der Waals surface area (Å²) < 4.78 is 10.0. The highest BCUT2D eigenvalue weighted by Crippen LogP contribution is 2.27. The van der Waals surface area contributed by atoms with Crippen LogP contribution in [0, 0.1) is 12.3 Å². The Labute approximate surface area is 98.7 Å². The number of ether oxygens (including phenoxy) is 1. The molecule has 1 aromatic rings. The van der Waals surface area contributed by atoms with Gasteiger partial charge in [-0.2, -0.15) is 4.98 Å². The summed E-state index contributed by atoms with van der Waals surface area (Å²) in [7, 11) is 0. The lowest BCUT2D eigenvalue weighted by molar-refractivity contribution is -0.130. The van der Waals surface area contributed by atoms with Crippen molar-refractivity contribution in [3.05, 3.63) is 11.7 Å². The summed E-state index contributed by atoms with van der Waals surface area (Å²) >= 11 is 0. The molecule has 2 atom stereocenters. The van der Waals surface area contributed by atoms with Crippen LogP contribution in [0.25, 0.3) is 0 Å². The Morgan fingerprint density at radius 3 is 3.00 bits per heavy atom. The van der Waals surface area contributed by atoms with Gasteiger partial charge in [-0.05, 0) is 6.92 Å². The Balaban J connectivity index is 1.93. The predicted molar refractivity (Wildman–Crippen MR) is 57.8 cm³/mol. The molecule has 1 aromatic heterocycles. The number of hydrogen-bond donors (Lipinski definition) is 2. The molecule has 0 aromatic carbocycles. The van der Waals surface area contributed by atoms with Crippen molar-refractivity contribution < 1.29 is 14.1 Å². The van der Waals surface area contributed by atoms with E-state index in [0.717, 1.165) is 0 Å². The van der Waals surface area contributed by atoms with Gasteiger partial charge in [-0.3, -0.25) is 4.79 Å². The van der Waals surface area contributed by atoms with Crippen molar-refractivity contribution >= 4 is 5.91 Å². The Morgan fingerprint density at radius 1 is 1.71 bits per heavy atom. The maximum absolute atomic E-state index is 12.0. The highest BCUT2D eigenvalue weighted by atomic mass is 16.5. The lowest BCUT2D eigenvalue weighted by Crippen LogP contribution is -2.49. The molecule has 1 saturated heterocycles. The molecule has 0 bridgehead atoms. The average Bonchev–Trinajstić information content (AvgIpc) is 2.84. The van der Waals surface area contributed by atoms with Crippen molar-refractivity contribution in [3.63, 3.8) is 0 Å². The van der Waals surface area contributed by atoms with Gasteiger partial charge in [0.15, 0.2) is 5.82 Å². The van der Waals surface area contributed by atoms with E-state index in [1.807, 2.05) is 0 Å². The minimum Gasteiger partial charge on any atom is -0.379 e. The number of carbonyl (C=O) groups excluding carboxylic acids is 1. The fourth-order valence-electron chi connectivity index (χ4n) is 1.70. The number of nitrogens with two attached hydrogens (primary N) is 1. The lowest BCUT2D eigenvalue weighted by Gasteiger charge is -2.24. The van der Waals surface area contributed by atoms with Crippen molar-refractivity contribution in [1.82, 2.24) is 15.5 Å². The van der Waals surface area contributed by atoms with Crippen molar-refractivity contribution in [2.75, 3.05) is 13.2 Å². The highest BCUT2D eigenvalue weighted by molar-refractivity contribution is 5.83. The third-order valence-electron chi connectivity index (χ3n) is 3.01. The van der Waals surface area contributed by atoms with Crippen LogP contribution >= 0.6 is 0 Å². The first-order valence-corrected chi connectivity index (χ1v) is 5.43. The Bertz CT molecular complexity index is 419. The summed E-state index contributed by atoms with van der Waals surface area (Å²) in [6.07, 6.45) is 0. The zero-order chi connectivity index (χ0) is 12.5. The number of nitrogens with one attached hydrogen (secondary N) is 1. The van der Waals surface area contributed by atoms with Crippen LogP contribution in [0.2, 0.25) is 0 Å². The Hall–Kier alpha value is -1.47. The molecule has 7 nitrogen and oxygen atoms in total. The van der Waals surface area contributed by atoms with E-state index >= 15 is 0 Å². The summed E-state index contributed by atoms with van der Waals surface area (Å²) in [5.41, 5.74) is 5.17. The number of nitrogens with zero attached hydrogens (tertiary/aromatic N) is 2. The molecule has 17 heavy (non-hydrogen) atoms. The van der Waals surface area contributed by atoms with E-state index in [9.17, 15) is 4.79 Å². The molecule has 2 rings (SSSR count). The summed E-state index contributed by atoms with van der Waals surface area (Å²) in [5.74, 6) is 0.776. The molecule has 0 aliphatic carbocycles. The second-order valence-electron chi connectivity index (χ2n) is 4.45. The van der Waals surface area contributed by atoms with Crippen molar-refractivity contribution in [2.24, 2.45) is 11.1 Å². The van der Waals surface area contributed by atoms with Crippen LogP contribution in [0.5, 0.6) is 0 Å². The van der Waals surface area contributed by atoms with E-state index in [4.69, 9.17) is 15.0 Å². The molecule has 0 saturated carbocycles. The molecule has 0 radical (unpaired) electrons. The molecule has 94 valence electrons. The second kappa shape index (κ2) is 4.42. The quantitative estimate of drug-likeness (QED) is 0.728. The van der Waals surface area contributed by atoms with Crippen molar-refractivity contribution in [3.8, 4) is 0 Å². The molecule has 7 heteroatoms. The van der Waals surface area contributed by atoms with E-state index in [-0.39, 0.29) is 18.5 Å². The highest BCUT2D eigenvalue weighted by Gasteiger charge is 2.44. The van der Waals surface area contributed by atoms with Crippen molar-refractivity contribution in [1.29, 1.82) is 0 Å². The van der Waals surface area contributed by atoms with Gasteiger partial charge >= 0.3 is 0 Å². The van der Waals surface area contributed by atoms with Gasteiger partial charge in [0.1, 0.15) is 0 Å². The standard InChI is InChI=1S/C10H16N4O3/c1-6-13-8(14-17-6)3-12-9(15)10(2)5-16-4-7(10)11/h7H,3-5,11H2,1-2H3,(H,12,15). The molecule has 1 amide bonds. The number of aryl methyl sites for hydroxylation is 1. The largest absolute Gasteiger partial charge is 0.379 e. The van der Waals surface area contributed by atoms with E-state index in [2.05, 4.69) is 15.5 Å². The van der Waals surface area contributed by atoms with Gasteiger partial charge in [0.05, 0.1) is 25.2 Å². The number of hydrogen-bond acceptors (Lipinski definition) is 6. The first-order valence-electron chi connectivity index (χ1n) is 5.43. The topological polar surface area (TPSA) is 103 Å². The average molecular weight is 240 g/mol. The molecule has 2 unspecified atom stereocenters. The zero-order valence-electron chi connectivity index (χ0n) is 9.90. The van der Waals surface area contributed by atoms with Gasteiger partial charge in [0.25, 0.3) is 0 Å². The van der Waals surface area contributed by atoms with E-state index in [1.165, 1.54) is 0 Å². The van der Waals surface area contributed by atoms with Gasteiger partial charge in [-0.1, -0.05) is 5.16 Å². The number of amides is 1. The smallest absolute Gasteiger partial charge is 0.230 e. The van der Waals surface area contributed by atoms with Crippen LogP contribution in [0.4, 0.5) is 0 Å². The molecule has 1 fully saturated rings. The molecule has 1 aliphatic rings. The fraction of sp³-hybridized carbons (Fsp3) is 0.700. The molecule has 1 aliphatic heterocycles. The van der Waals surface area contributed by atoms with Crippen LogP contribution in [0.15, 0.2) is 4.52 Å². The lowest BCUT2D eigenvalue weighted by atomic mass is 9.85. The van der Waals surface area contributed by atoms with Crippen LogP contribution in [-0.2, 0) is 16.1 Å². The summed E-state index contributed by atoms with van der Waals surface area (Å²) in [5, 5.41) is 6.43. The van der Waals surface area contributed by atoms with Crippen LogP contribution in [0.1, 0.15) is 18.6 Å². The summed E-state index contributed by atoms with van der Waals surface area (Å²) in [6.45, 7) is 4.47. The van der Waals surface area contributed by atoms with E-state index < -0.39 is 5.41 Å². The first-order chi connectivity index (χ1) is 8.02. The number of rotatable bonds is 3. The van der Waals surface area contributed by atoms with Gasteiger partial charge < -0.3 is 20.3 Å². The Morgan fingerprint density at radius 2 is 2.47 bits per heavy atom. The van der Waals surface area contributed by atoms with Crippen LogP contribution in [-0.4, -0.2) is 35.3 Å².